The number of hydrogen-bond donors (Lipinski definition) is 1. The Bertz CT molecular complexity index is 1400. The van der Waals surface area contributed by atoms with Gasteiger partial charge in [-0.2, -0.15) is 0 Å². The van der Waals surface area contributed by atoms with E-state index in [1.807, 2.05) is 61.6 Å². The third-order valence-corrected chi connectivity index (χ3v) is 7.95. The fourth-order valence-corrected chi connectivity index (χ4v) is 5.71. The van der Waals surface area contributed by atoms with Gasteiger partial charge in [-0.15, -0.1) is 0 Å². The molecule has 2 aliphatic rings. The Morgan fingerprint density at radius 1 is 0.974 bits per heavy atom. The summed E-state index contributed by atoms with van der Waals surface area (Å²) in [5.41, 5.74) is 6.77. The van der Waals surface area contributed by atoms with Gasteiger partial charge in [-0.3, -0.25) is 4.79 Å². The number of carbonyl (C=O) groups is 1. The van der Waals surface area contributed by atoms with E-state index < -0.39 is 0 Å². The maximum atomic E-state index is 13.0. The lowest BCUT2D eigenvalue weighted by molar-refractivity contribution is -0.115. The molecular formula is C32H33N3O3S. The molecule has 0 saturated heterocycles. The molecule has 3 aromatic rings. The maximum Gasteiger partial charge on any atom is 0.237 e. The van der Waals surface area contributed by atoms with Gasteiger partial charge in [-0.25, -0.2) is 4.99 Å². The first kappa shape index (κ1) is 26.6. The molecule has 1 aliphatic heterocycles. The second-order valence-corrected chi connectivity index (χ2v) is 10.5. The third-order valence-electron chi connectivity index (χ3n) is 7.08. The molecular weight excluding hydrogens is 506 g/mol. The average Bonchev–Trinajstić information content (AvgIpc) is 3.00. The Balaban J connectivity index is 1.43. The van der Waals surface area contributed by atoms with E-state index in [0.717, 1.165) is 58.4 Å². The zero-order valence-corrected chi connectivity index (χ0v) is 23.3. The predicted molar refractivity (Wildman–Crippen MR) is 160 cm³/mol. The summed E-state index contributed by atoms with van der Waals surface area (Å²) in [6.45, 7) is 0. The van der Waals surface area contributed by atoms with Crippen LogP contribution in [0.4, 0.5) is 5.69 Å². The fourth-order valence-electron chi connectivity index (χ4n) is 4.90. The molecule has 39 heavy (non-hydrogen) atoms. The molecule has 1 heterocycles. The van der Waals surface area contributed by atoms with Crippen LogP contribution < -0.4 is 19.7 Å². The predicted octanol–water partition coefficient (Wildman–Crippen LogP) is 6.62. The topological polar surface area (TPSA) is 63.2 Å². The summed E-state index contributed by atoms with van der Waals surface area (Å²) in [5.74, 6) is 1.96. The van der Waals surface area contributed by atoms with Gasteiger partial charge < -0.3 is 19.7 Å². The van der Waals surface area contributed by atoms with Crippen molar-refractivity contribution in [2.75, 3.05) is 31.9 Å². The van der Waals surface area contributed by atoms with Crippen molar-refractivity contribution in [2.45, 2.75) is 25.3 Å². The molecule has 0 fully saturated rings. The highest BCUT2D eigenvalue weighted by molar-refractivity contribution is 8.14. The van der Waals surface area contributed by atoms with Crippen LogP contribution in [0.5, 0.6) is 11.5 Å². The van der Waals surface area contributed by atoms with Crippen LogP contribution in [0.3, 0.4) is 0 Å². The minimum Gasteiger partial charge on any atom is -0.497 e. The van der Waals surface area contributed by atoms with E-state index in [2.05, 4.69) is 35.7 Å². The van der Waals surface area contributed by atoms with Crippen LogP contribution in [0, 0.1) is 0 Å². The summed E-state index contributed by atoms with van der Waals surface area (Å²) in [7, 11) is 5.16. The van der Waals surface area contributed by atoms with Crippen molar-refractivity contribution in [3.63, 3.8) is 0 Å². The highest BCUT2D eigenvalue weighted by Crippen LogP contribution is 2.42. The maximum absolute atomic E-state index is 13.0. The molecule has 0 saturated carbocycles. The van der Waals surface area contributed by atoms with Crippen molar-refractivity contribution < 1.29 is 14.3 Å². The molecule has 7 heteroatoms. The van der Waals surface area contributed by atoms with Gasteiger partial charge in [0.05, 0.1) is 20.0 Å². The van der Waals surface area contributed by atoms with Crippen LogP contribution in [0.15, 0.2) is 101 Å². The first-order chi connectivity index (χ1) is 19.1. The number of amides is 1. The fraction of sp³-hybridized carbons (Fsp3) is 0.250. The lowest BCUT2D eigenvalue weighted by Crippen LogP contribution is -2.33. The lowest BCUT2D eigenvalue weighted by atomic mass is 9.84. The van der Waals surface area contributed by atoms with E-state index in [0.29, 0.717) is 0 Å². The van der Waals surface area contributed by atoms with Crippen molar-refractivity contribution in [1.82, 2.24) is 5.32 Å². The summed E-state index contributed by atoms with van der Waals surface area (Å²) in [6, 6.07) is 25.8. The van der Waals surface area contributed by atoms with Gasteiger partial charge in [0.1, 0.15) is 17.5 Å². The van der Waals surface area contributed by atoms with Gasteiger partial charge in [0, 0.05) is 18.4 Å². The van der Waals surface area contributed by atoms with E-state index in [1.54, 1.807) is 19.1 Å². The Morgan fingerprint density at radius 3 is 2.31 bits per heavy atom. The number of nitrogens with one attached hydrogen (secondary N) is 1. The molecule has 5 rings (SSSR count). The molecule has 0 radical (unpaired) electrons. The number of ether oxygens (including phenoxy) is 2. The van der Waals surface area contributed by atoms with Crippen molar-refractivity contribution >= 4 is 34.6 Å². The van der Waals surface area contributed by atoms with Crippen molar-refractivity contribution in [3.05, 3.63) is 107 Å². The number of benzene rings is 3. The zero-order chi connectivity index (χ0) is 27.2. The summed E-state index contributed by atoms with van der Waals surface area (Å²) >= 11 is 1.45. The van der Waals surface area contributed by atoms with Gasteiger partial charge in [0.2, 0.25) is 5.91 Å². The van der Waals surface area contributed by atoms with E-state index >= 15 is 0 Å². The normalized spacial score (nSPS) is 17.7. The third kappa shape index (κ3) is 6.20. The molecule has 0 unspecified atom stereocenters. The number of hydrogen-bond acceptors (Lipinski definition) is 6. The van der Waals surface area contributed by atoms with Crippen LogP contribution in [-0.4, -0.2) is 38.1 Å². The summed E-state index contributed by atoms with van der Waals surface area (Å²) in [4.78, 5) is 19.8. The minimum atomic E-state index is -0.115. The smallest absolute Gasteiger partial charge is 0.237 e. The van der Waals surface area contributed by atoms with E-state index in [4.69, 9.17) is 14.5 Å². The molecule has 1 N–H and O–H groups in total. The molecule has 1 aliphatic carbocycles. The van der Waals surface area contributed by atoms with E-state index in [-0.39, 0.29) is 17.7 Å². The Kier molecular flexibility index (Phi) is 8.37. The molecule has 0 bridgehead atoms. The van der Waals surface area contributed by atoms with Crippen molar-refractivity contribution in [1.29, 1.82) is 0 Å². The van der Waals surface area contributed by atoms with Gasteiger partial charge >= 0.3 is 0 Å². The quantitative estimate of drug-likeness (QED) is 0.366. The molecule has 1 amide bonds. The monoisotopic (exact) mass is 539 g/mol. The Labute approximate surface area is 234 Å². The summed E-state index contributed by atoms with van der Waals surface area (Å²) < 4.78 is 10.7. The number of anilines is 1. The number of rotatable bonds is 7. The van der Waals surface area contributed by atoms with E-state index in [9.17, 15) is 4.79 Å². The Hall–Kier alpha value is -3.97. The zero-order valence-electron chi connectivity index (χ0n) is 22.5. The lowest BCUT2D eigenvalue weighted by Gasteiger charge is -2.33. The first-order valence-electron chi connectivity index (χ1n) is 13.1. The van der Waals surface area contributed by atoms with Crippen LogP contribution >= 0.6 is 11.8 Å². The minimum absolute atomic E-state index is 0.0223. The average molecular weight is 540 g/mol. The number of nitrogens with zero attached hydrogens (tertiary/aromatic N) is 2. The van der Waals surface area contributed by atoms with Gasteiger partial charge in [-0.1, -0.05) is 54.2 Å². The molecule has 200 valence electrons. The number of methoxy groups -OCH3 is 2. The number of thioether (sulfide) groups is 1. The number of amidine groups is 1. The van der Waals surface area contributed by atoms with Crippen molar-refractivity contribution in [3.8, 4) is 11.5 Å². The molecule has 3 aromatic carbocycles. The second-order valence-electron chi connectivity index (χ2n) is 9.51. The molecule has 0 spiro atoms. The van der Waals surface area contributed by atoms with Gasteiger partial charge in [0.15, 0.2) is 5.17 Å². The van der Waals surface area contributed by atoms with Crippen LogP contribution in [0.1, 0.15) is 36.4 Å². The van der Waals surface area contributed by atoms with E-state index in [1.165, 1.54) is 22.9 Å². The number of allylic oxidation sites excluding steroid dienone is 1. The van der Waals surface area contributed by atoms with Gasteiger partial charge in [-0.05, 0) is 84.0 Å². The first-order valence-corrected chi connectivity index (χ1v) is 14.1. The summed E-state index contributed by atoms with van der Waals surface area (Å²) in [5, 5.41) is 4.37. The molecule has 0 aromatic heterocycles. The second kappa shape index (κ2) is 12.3. The van der Waals surface area contributed by atoms with Crippen molar-refractivity contribution in [2.24, 2.45) is 4.99 Å². The van der Waals surface area contributed by atoms with Gasteiger partial charge in [0.25, 0.3) is 0 Å². The molecule has 1 atom stereocenters. The number of aliphatic imine (C=N–C) groups is 1. The van der Waals surface area contributed by atoms with Crippen LogP contribution in [-0.2, 0) is 4.79 Å². The number of para-hydroxylation sites is 1. The SMILES string of the molecule is COc1ccc(/C=C2\CCCC3=C2NC(SCC(=O)N(C)c2ccccc2)=N[C@H]3c2ccc(OC)cc2)cc1. The van der Waals surface area contributed by atoms with Crippen LogP contribution in [0.2, 0.25) is 0 Å². The number of carbonyl (C=O) groups excluding carboxylic acids is 1. The molecule has 6 nitrogen and oxygen atoms in total. The summed E-state index contributed by atoms with van der Waals surface area (Å²) in [6.07, 6.45) is 5.25. The Morgan fingerprint density at radius 2 is 1.64 bits per heavy atom. The highest BCUT2D eigenvalue weighted by atomic mass is 32.2. The largest absolute Gasteiger partial charge is 0.497 e. The van der Waals surface area contributed by atoms with Crippen LogP contribution in [0.25, 0.3) is 6.08 Å². The standard InChI is InChI=1S/C32H33N3O3S/c1-35(25-9-5-4-6-10-25)29(36)21-39-32-33-30(23-14-18-27(38-3)19-15-23)28-11-7-8-24(31(28)34-32)20-22-12-16-26(37-2)17-13-22/h4-6,9-10,12-20,30H,7-8,11,21H2,1-3H3,(H,33,34)/b24-20+/t30-/m0/s1. The highest BCUT2D eigenvalue weighted by Gasteiger charge is 2.30.